The molecule has 1 aliphatic heterocycles. The van der Waals surface area contributed by atoms with E-state index in [1.54, 1.807) is 30.3 Å². The summed E-state index contributed by atoms with van der Waals surface area (Å²) in [6, 6.07) is 8.50. The van der Waals surface area contributed by atoms with Gasteiger partial charge in [0.15, 0.2) is 16.1 Å². The van der Waals surface area contributed by atoms with E-state index in [4.69, 9.17) is 9.47 Å². The molecule has 1 aromatic carbocycles. The second-order valence-electron chi connectivity index (χ2n) is 6.00. The number of benzene rings is 1. The lowest BCUT2D eigenvalue weighted by Crippen LogP contribution is -2.31. The molecule has 1 heterocycles. The Balaban J connectivity index is 2.10. The van der Waals surface area contributed by atoms with Crippen molar-refractivity contribution in [3.05, 3.63) is 30.3 Å². The van der Waals surface area contributed by atoms with Crippen LogP contribution < -0.4 is 0 Å². The third-order valence-electron chi connectivity index (χ3n) is 3.95. The minimum atomic E-state index is -3.50. The molecule has 0 spiro atoms. The highest BCUT2D eigenvalue weighted by atomic mass is 32.2. The molecule has 0 aromatic heterocycles. The van der Waals surface area contributed by atoms with Crippen LogP contribution in [0.5, 0.6) is 0 Å². The van der Waals surface area contributed by atoms with Gasteiger partial charge in [-0.2, -0.15) is 0 Å². The molecule has 3 atom stereocenters. The van der Waals surface area contributed by atoms with Crippen molar-refractivity contribution >= 4 is 9.84 Å². The summed E-state index contributed by atoms with van der Waals surface area (Å²) in [5, 5.41) is -0.765. The molecule has 2 rings (SSSR count). The fourth-order valence-electron chi connectivity index (χ4n) is 2.69. The minimum Gasteiger partial charge on any atom is -0.353 e. The number of rotatable bonds is 6. The first-order valence-electron chi connectivity index (χ1n) is 8.58. The van der Waals surface area contributed by atoms with Crippen LogP contribution in [0.2, 0.25) is 0 Å². The quantitative estimate of drug-likeness (QED) is 0.736. The van der Waals surface area contributed by atoms with E-state index in [0.29, 0.717) is 24.3 Å². The van der Waals surface area contributed by atoms with Gasteiger partial charge in [-0.15, -0.1) is 5.92 Å². The SMILES string of the molecule is CCC#CC(CC(C)OC1CCCCO1)S(=O)(=O)c1ccccc1. The molecule has 0 saturated carbocycles. The second kappa shape index (κ2) is 9.22. The third kappa shape index (κ3) is 5.34. The first-order valence-corrected chi connectivity index (χ1v) is 10.1. The van der Waals surface area contributed by atoms with Crippen LogP contribution in [-0.2, 0) is 19.3 Å². The average Bonchev–Trinajstić information content (AvgIpc) is 2.60. The Morgan fingerprint density at radius 1 is 1.29 bits per heavy atom. The highest BCUT2D eigenvalue weighted by Gasteiger charge is 2.29. The van der Waals surface area contributed by atoms with E-state index in [-0.39, 0.29) is 12.4 Å². The van der Waals surface area contributed by atoms with Crippen LogP contribution >= 0.6 is 0 Å². The van der Waals surface area contributed by atoms with Crippen LogP contribution in [0.25, 0.3) is 0 Å². The Labute approximate surface area is 145 Å². The first-order chi connectivity index (χ1) is 11.5. The largest absolute Gasteiger partial charge is 0.353 e. The smallest absolute Gasteiger partial charge is 0.192 e. The Kier molecular flexibility index (Phi) is 7.29. The molecule has 3 unspecified atom stereocenters. The third-order valence-corrected chi connectivity index (χ3v) is 5.94. The van der Waals surface area contributed by atoms with E-state index >= 15 is 0 Å². The summed E-state index contributed by atoms with van der Waals surface area (Å²) in [6.45, 7) is 4.51. The average molecular weight is 350 g/mol. The molecule has 0 aliphatic carbocycles. The Bertz CT molecular complexity index is 652. The van der Waals surface area contributed by atoms with Gasteiger partial charge >= 0.3 is 0 Å². The van der Waals surface area contributed by atoms with Crippen LogP contribution in [0, 0.1) is 11.8 Å². The molecule has 0 radical (unpaired) electrons. The fraction of sp³-hybridized carbons (Fsp3) is 0.579. The molecule has 0 N–H and O–H groups in total. The van der Waals surface area contributed by atoms with Crippen molar-refractivity contribution in [2.75, 3.05) is 6.61 Å². The lowest BCUT2D eigenvalue weighted by molar-refractivity contribution is -0.184. The zero-order chi connectivity index (χ0) is 17.4. The predicted molar refractivity (Wildman–Crippen MR) is 94.2 cm³/mol. The van der Waals surface area contributed by atoms with Crippen molar-refractivity contribution in [1.82, 2.24) is 0 Å². The molecule has 1 aliphatic rings. The normalized spacial score (nSPS) is 20.7. The van der Waals surface area contributed by atoms with Gasteiger partial charge in [0.25, 0.3) is 0 Å². The number of hydrogen-bond donors (Lipinski definition) is 0. The highest BCUT2D eigenvalue weighted by molar-refractivity contribution is 7.92. The van der Waals surface area contributed by atoms with Crippen LogP contribution in [0.3, 0.4) is 0 Å². The van der Waals surface area contributed by atoms with Crippen molar-refractivity contribution in [2.45, 2.75) is 68.5 Å². The maximum Gasteiger partial charge on any atom is 0.192 e. The summed E-state index contributed by atoms with van der Waals surface area (Å²) in [7, 11) is -3.50. The zero-order valence-corrected chi connectivity index (χ0v) is 15.2. The van der Waals surface area contributed by atoms with Crippen molar-refractivity contribution in [3.63, 3.8) is 0 Å². The molecule has 0 amide bonds. The molecule has 5 heteroatoms. The van der Waals surface area contributed by atoms with E-state index in [2.05, 4.69) is 11.8 Å². The highest BCUT2D eigenvalue weighted by Crippen LogP contribution is 2.22. The second-order valence-corrected chi connectivity index (χ2v) is 8.13. The van der Waals surface area contributed by atoms with Crippen molar-refractivity contribution < 1.29 is 17.9 Å². The molecule has 1 fully saturated rings. The van der Waals surface area contributed by atoms with Crippen molar-refractivity contribution in [3.8, 4) is 11.8 Å². The lowest BCUT2D eigenvalue weighted by Gasteiger charge is -2.27. The van der Waals surface area contributed by atoms with Gasteiger partial charge in [-0.05, 0) is 38.3 Å². The van der Waals surface area contributed by atoms with Crippen LogP contribution in [-0.4, -0.2) is 32.7 Å². The van der Waals surface area contributed by atoms with Gasteiger partial charge in [0, 0.05) is 19.4 Å². The molecular weight excluding hydrogens is 324 g/mol. The minimum absolute atomic E-state index is 0.229. The van der Waals surface area contributed by atoms with Gasteiger partial charge in [-0.3, -0.25) is 0 Å². The molecule has 1 aromatic rings. The molecule has 132 valence electrons. The van der Waals surface area contributed by atoms with Crippen molar-refractivity contribution in [1.29, 1.82) is 0 Å². The Morgan fingerprint density at radius 2 is 2.04 bits per heavy atom. The topological polar surface area (TPSA) is 52.6 Å². The molecule has 0 bridgehead atoms. The number of sulfone groups is 1. The van der Waals surface area contributed by atoms with E-state index in [0.717, 1.165) is 19.3 Å². The summed E-state index contributed by atoms with van der Waals surface area (Å²) in [4.78, 5) is 0.307. The summed E-state index contributed by atoms with van der Waals surface area (Å²) in [5.41, 5.74) is 0. The number of ether oxygens (including phenoxy) is 2. The maximum atomic E-state index is 12.9. The lowest BCUT2D eigenvalue weighted by atomic mass is 10.2. The molecule has 1 saturated heterocycles. The van der Waals surface area contributed by atoms with Gasteiger partial charge in [-0.1, -0.05) is 31.0 Å². The standard InChI is InChI=1S/C19H26O4S/c1-3-4-10-18(24(20,21)17-11-6-5-7-12-17)15-16(2)23-19-13-8-9-14-22-19/h5-7,11-12,16,18-19H,3,8-9,13-15H2,1-2H3. The van der Waals surface area contributed by atoms with Gasteiger partial charge < -0.3 is 9.47 Å². The fourth-order valence-corrected chi connectivity index (χ4v) is 4.32. The van der Waals surface area contributed by atoms with Gasteiger partial charge in [0.2, 0.25) is 0 Å². The predicted octanol–water partition coefficient (Wildman–Crippen LogP) is 3.56. The first kappa shape index (κ1) is 19.0. The summed E-state index contributed by atoms with van der Waals surface area (Å²) in [6.07, 6.45) is 3.50. The molecule has 4 nitrogen and oxygen atoms in total. The molecule has 24 heavy (non-hydrogen) atoms. The van der Waals surface area contributed by atoms with E-state index in [9.17, 15) is 8.42 Å². The summed E-state index contributed by atoms with van der Waals surface area (Å²) in [5.74, 6) is 5.83. The van der Waals surface area contributed by atoms with Crippen LogP contribution in [0.15, 0.2) is 35.2 Å². The van der Waals surface area contributed by atoms with Gasteiger partial charge in [0.1, 0.15) is 5.25 Å². The van der Waals surface area contributed by atoms with Gasteiger partial charge in [0.05, 0.1) is 11.0 Å². The van der Waals surface area contributed by atoms with Crippen LogP contribution in [0.1, 0.15) is 46.0 Å². The van der Waals surface area contributed by atoms with E-state index in [1.165, 1.54) is 0 Å². The van der Waals surface area contributed by atoms with Crippen LogP contribution in [0.4, 0.5) is 0 Å². The number of hydrogen-bond acceptors (Lipinski definition) is 4. The molecular formula is C19H26O4S. The maximum absolute atomic E-state index is 12.9. The van der Waals surface area contributed by atoms with E-state index < -0.39 is 15.1 Å². The Hall–Kier alpha value is -1.35. The van der Waals surface area contributed by atoms with E-state index in [1.807, 2.05) is 13.8 Å². The zero-order valence-electron chi connectivity index (χ0n) is 14.4. The Morgan fingerprint density at radius 3 is 2.67 bits per heavy atom. The summed E-state index contributed by atoms with van der Waals surface area (Å²) >= 11 is 0. The summed E-state index contributed by atoms with van der Waals surface area (Å²) < 4.78 is 37.2. The monoisotopic (exact) mass is 350 g/mol. The van der Waals surface area contributed by atoms with Gasteiger partial charge in [-0.25, -0.2) is 8.42 Å². The van der Waals surface area contributed by atoms with Crippen molar-refractivity contribution in [2.24, 2.45) is 0 Å².